The van der Waals surface area contributed by atoms with E-state index in [9.17, 15) is 4.79 Å². The third-order valence-corrected chi connectivity index (χ3v) is 2.50. The largest absolute Gasteiger partial charge is 0.463 e. The average molecular weight is 243 g/mol. The van der Waals surface area contributed by atoms with Crippen molar-refractivity contribution in [3.05, 3.63) is 47.9 Å². The van der Waals surface area contributed by atoms with Crippen LogP contribution in [-0.2, 0) is 11.3 Å². The lowest BCUT2D eigenvalue weighted by Crippen LogP contribution is -2.11. The number of ether oxygens (including phenoxy) is 1. The van der Waals surface area contributed by atoms with Crippen LogP contribution in [0.3, 0.4) is 0 Å². The highest BCUT2D eigenvalue weighted by Crippen LogP contribution is 2.20. The Labute approximate surface area is 105 Å². The zero-order chi connectivity index (χ0) is 13.0. The quantitative estimate of drug-likeness (QED) is 0.824. The van der Waals surface area contributed by atoms with E-state index in [-0.39, 0.29) is 5.82 Å². The van der Waals surface area contributed by atoms with Gasteiger partial charge in [0.25, 0.3) is 0 Å². The lowest BCUT2D eigenvalue weighted by atomic mass is 10.1. The first-order chi connectivity index (χ1) is 8.76. The molecule has 0 aliphatic carbocycles. The molecule has 0 unspecified atom stereocenters. The van der Waals surface area contributed by atoms with Crippen LogP contribution in [0.1, 0.15) is 16.2 Å². The smallest absolute Gasteiger partial charge is 0.376 e. The zero-order valence-corrected chi connectivity index (χ0v) is 9.96. The minimum atomic E-state index is -0.559. The van der Waals surface area contributed by atoms with Crippen molar-refractivity contribution in [3.63, 3.8) is 0 Å². The zero-order valence-electron chi connectivity index (χ0n) is 9.96. The van der Waals surface area contributed by atoms with Crippen LogP contribution in [0.15, 0.2) is 36.5 Å². The third kappa shape index (κ3) is 2.36. The van der Waals surface area contributed by atoms with Gasteiger partial charge in [-0.1, -0.05) is 30.3 Å². The van der Waals surface area contributed by atoms with Crippen molar-refractivity contribution in [2.75, 3.05) is 7.11 Å². The summed E-state index contributed by atoms with van der Waals surface area (Å²) in [6.07, 6.45) is 1.56. The van der Waals surface area contributed by atoms with Crippen LogP contribution in [0, 0.1) is 0 Å². The fourth-order valence-corrected chi connectivity index (χ4v) is 1.59. The van der Waals surface area contributed by atoms with Gasteiger partial charge in [0.2, 0.25) is 5.82 Å². The first kappa shape index (κ1) is 12.2. The summed E-state index contributed by atoms with van der Waals surface area (Å²) in [7, 11) is 1.30. The van der Waals surface area contributed by atoms with Gasteiger partial charge in [-0.2, -0.15) is 0 Å². The maximum atomic E-state index is 11.4. The number of esters is 1. The van der Waals surface area contributed by atoms with E-state index in [1.54, 1.807) is 6.20 Å². The summed E-state index contributed by atoms with van der Waals surface area (Å²) in [5, 5.41) is 0. The fraction of sp³-hybridized carbons (Fsp3) is 0.154. The molecule has 0 saturated heterocycles. The summed E-state index contributed by atoms with van der Waals surface area (Å²) >= 11 is 0. The summed E-state index contributed by atoms with van der Waals surface area (Å²) in [6, 6.07) is 9.52. The second-order valence-corrected chi connectivity index (χ2v) is 3.63. The highest BCUT2D eigenvalue weighted by atomic mass is 16.5. The van der Waals surface area contributed by atoms with Crippen molar-refractivity contribution in [1.29, 1.82) is 0 Å². The molecule has 1 aromatic heterocycles. The van der Waals surface area contributed by atoms with Gasteiger partial charge in [0.05, 0.1) is 12.8 Å². The normalized spacial score (nSPS) is 10.1. The highest BCUT2D eigenvalue weighted by Gasteiger charge is 2.13. The third-order valence-electron chi connectivity index (χ3n) is 2.50. The first-order valence-electron chi connectivity index (χ1n) is 5.46. The standard InChI is InChI=1S/C13H13N3O2/c1-18-13(17)12-15-8-10(7-14)11(16-12)9-5-3-2-4-6-9/h2-6,8H,7,14H2,1H3. The number of nitrogens with zero attached hydrogens (tertiary/aromatic N) is 2. The van der Waals surface area contributed by atoms with Crippen LogP contribution >= 0.6 is 0 Å². The molecule has 0 amide bonds. The average Bonchev–Trinajstić information content (AvgIpc) is 2.46. The summed E-state index contributed by atoms with van der Waals surface area (Å²) in [4.78, 5) is 19.6. The number of rotatable bonds is 3. The summed E-state index contributed by atoms with van der Waals surface area (Å²) in [5.74, 6) is -0.524. The molecule has 2 aromatic rings. The van der Waals surface area contributed by atoms with Crippen molar-refractivity contribution >= 4 is 5.97 Å². The van der Waals surface area contributed by atoms with Gasteiger partial charge in [-0.3, -0.25) is 0 Å². The van der Waals surface area contributed by atoms with Crippen LogP contribution in [-0.4, -0.2) is 23.0 Å². The Kier molecular flexibility index (Phi) is 3.64. The Morgan fingerprint density at radius 3 is 2.67 bits per heavy atom. The van der Waals surface area contributed by atoms with Gasteiger partial charge in [0.1, 0.15) is 0 Å². The van der Waals surface area contributed by atoms with Crippen LogP contribution in [0.5, 0.6) is 0 Å². The molecule has 0 bridgehead atoms. The molecule has 5 heteroatoms. The molecule has 0 spiro atoms. The van der Waals surface area contributed by atoms with Crippen molar-refractivity contribution in [2.24, 2.45) is 5.73 Å². The fourth-order valence-electron chi connectivity index (χ4n) is 1.59. The lowest BCUT2D eigenvalue weighted by Gasteiger charge is -2.07. The van der Waals surface area contributed by atoms with Crippen LogP contribution in [0.25, 0.3) is 11.3 Å². The van der Waals surface area contributed by atoms with Gasteiger partial charge in [0.15, 0.2) is 0 Å². The van der Waals surface area contributed by atoms with E-state index in [0.29, 0.717) is 12.2 Å². The summed E-state index contributed by atoms with van der Waals surface area (Å²) < 4.78 is 4.61. The SMILES string of the molecule is COC(=O)c1ncc(CN)c(-c2ccccc2)n1. The molecule has 1 heterocycles. The van der Waals surface area contributed by atoms with Crippen molar-refractivity contribution in [3.8, 4) is 11.3 Å². The van der Waals surface area contributed by atoms with E-state index in [0.717, 1.165) is 11.1 Å². The minimum absolute atomic E-state index is 0.0357. The molecule has 2 N–H and O–H groups in total. The number of hydrogen-bond acceptors (Lipinski definition) is 5. The molecular formula is C13H13N3O2. The Morgan fingerprint density at radius 1 is 1.33 bits per heavy atom. The Morgan fingerprint density at radius 2 is 2.06 bits per heavy atom. The molecule has 0 atom stereocenters. The lowest BCUT2D eigenvalue weighted by molar-refractivity contribution is 0.0587. The van der Waals surface area contributed by atoms with E-state index in [1.807, 2.05) is 30.3 Å². The van der Waals surface area contributed by atoms with Gasteiger partial charge in [-0.05, 0) is 0 Å². The molecule has 0 fully saturated rings. The second kappa shape index (κ2) is 5.37. The molecule has 0 radical (unpaired) electrons. The Balaban J connectivity index is 2.53. The predicted octanol–water partition coefficient (Wildman–Crippen LogP) is 1.39. The first-order valence-corrected chi connectivity index (χ1v) is 5.46. The van der Waals surface area contributed by atoms with Crippen LogP contribution in [0.4, 0.5) is 0 Å². The molecule has 0 saturated carbocycles. The number of nitrogens with two attached hydrogens (primary N) is 1. The van der Waals surface area contributed by atoms with E-state index < -0.39 is 5.97 Å². The van der Waals surface area contributed by atoms with Crippen molar-refractivity contribution in [2.45, 2.75) is 6.54 Å². The van der Waals surface area contributed by atoms with Gasteiger partial charge < -0.3 is 10.5 Å². The predicted molar refractivity (Wildman–Crippen MR) is 66.7 cm³/mol. The number of carbonyl (C=O) groups is 1. The van der Waals surface area contributed by atoms with Gasteiger partial charge >= 0.3 is 5.97 Å². The molecule has 92 valence electrons. The molecule has 1 aromatic carbocycles. The van der Waals surface area contributed by atoms with E-state index in [1.165, 1.54) is 7.11 Å². The minimum Gasteiger partial charge on any atom is -0.463 e. The molecule has 0 aliphatic rings. The number of carbonyl (C=O) groups excluding carboxylic acids is 1. The van der Waals surface area contributed by atoms with Gasteiger partial charge in [-0.25, -0.2) is 14.8 Å². The van der Waals surface area contributed by atoms with E-state index in [2.05, 4.69) is 14.7 Å². The van der Waals surface area contributed by atoms with E-state index in [4.69, 9.17) is 5.73 Å². The molecule has 18 heavy (non-hydrogen) atoms. The van der Waals surface area contributed by atoms with Crippen molar-refractivity contribution in [1.82, 2.24) is 9.97 Å². The Bertz CT molecular complexity index is 555. The maximum absolute atomic E-state index is 11.4. The summed E-state index contributed by atoms with van der Waals surface area (Å²) in [5.41, 5.74) is 7.99. The molecule has 0 aliphatic heterocycles. The molecular weight excluding hydrogens is 230 g/mol. The summed E-state index contributed by atoms with van der Waals surface area (Å²) in [6.45, 7) is 0.311. The van der Waals surface area contributed by atoms with Crippen LogP contribution in [0.2, 0.25) is 0 Å². The Hall–Kier alpha value is -2.27. The number of benzene rings is 1. The van der Waals surface area contributed by atoms with Crippen LogP contribution < -0.4 is 5.73 Å². The molecule has 2 rings (SSSR count). The number of methoxy groups -OCH3 is 1. The number of aromatic nitrogens is 2. The van der Waals surface area contributed by atoms with Crippen molar-refractivity contribution < 1.29 is 9.53 Å². The maximum Gasteiger partial charge on any atom is 0.376 e. The second-order valence-electron chi connectivity index (χ2n) is 3.63. The van der Waals surface area contributed by atoms with Gasteiger partial charge in [0, 0.05) is 23.9 Å². The number of hydrogen-bond donors (Lipinski definition) is 1. The monoisotopic (exact) mass is 243 g/mol. The highest BCUT2D eigenvalue weighted by molar-refractivity contribution is 5.85. The topological polar surface area (TPSA) is 78.1 Å². The molecule has 5 nitrogen and oxygen atoms in total. The van der Waals surface area contributed by atoms with Gasteiger partial charge in [-0.15, -0.1) is 0 Å². The van der Waals surface area contributed by atoms with E-state index >= 15 is 0 Å².